The monoisotopic (exact) mass is 219 g/mol. The first-order chi connectivity index (χ1) is 6.65. The zero-order valence-electron chi connectivity index (χ0n) is 10.3. The van der Waals surface area contributed by atoms with Gasteiger partial charge < -0.3 is 14.7 Å². The number of hydrogen-bond donors (Lipinski definition) is 1. The number of rotatable bonds is 5. The van der Waals surface area contributed by atoms with Crippen molar-refractivity contribution in [2.24, 2.45) is 0 Å². The smallest absolute Gasteiger partial charge is 0.328 e. The summed E-state index contributed by atoms with van der Waals surface area (Å²) in [5, 5.41) is 11.1. The number of ether oxygens (including phenoxy) is 1. The van der Waals surface area contributed by atoms with Gasteiger partial charge in [0.1, 0.15) is 5.54 Å². The van der Waals surface area contributed by atoms with E-state index in [1.807, 2.05) is 0 Å². The maximum atomic E-state index is 11.5. The number of carbonyl (C=O) groups is 1. The van der Waals surface area contributed by atoms with Crippen LogP contribution in [0.5, 0.6) is 0 Å². The Morgan fingerprint density at radius 3 is 2.00 bits per heavy atom. The fourth-order valence-electron chi connectivity index (χ4n) is 1.19. The molecular weight excluding hydrogens is 198 g/mol. The largest absolute Gasteiger partial charge is 0.468 e. The average molecular weight is 219 g/mol. The van der Waals surface area contributed by atoms with E-state index in [1.165, 1.54) is 19.3 Å². The van der Waals surface area contributed by atoms with E-state index in [2.05, 4.69) is 4.74 Å². The Morgan fingerprint density at radius 2 is 1.73 bits per heavy atom. The standard InChI is InChI=1S/C10H21NO4/c1-9(2,13)7-11(15-6)10(3,4)8(12)14-5/h13H,7H2,1-6H3. The third kappa shape index (κ3) is 4.15. The lowest BCUT2D eigenvalue weighted by Gasteiger charge is -2.36. The maximum absolute atomic E-state index is 11.5. The minimum atomic E-state index is -0.943. The first-order valence-corrected chi connectivity index (χ1v) is 4.77. The molecule has 0 bridgehead atoms. The van der Waals surface area contributed by atoms with Gasteiger partial charge in [-0.3, -0.25) is 0 Å². The summed E-state index contributed by atoms with van der Waals surface area (Å²) in [4.78, 5) is 16.6. The van der Waals surface area contributed by atoms with Gasteiger partial charge in [0.15, 0.2) is 0 Å². The molecule has 15 heavy (non-hydrogen) atoms. The van der Waals surface area contributed by atoms with Crippen LogP contribution in [-0.2, 0) is 14.4 Å². The van der Waals surface area contributed by atoms with Gasteiger partial charge in [0.2, 0.25) is 0 Å². The molecule has 0 aliphatic rings. The van der Waals surface area contributed by atoms with Crippen LogP contribution in [0, 0.1) is 0 Å². The number of methoxy groups -OCH3 is 1. The number of hydroxylamine groups is 2. The highest BCUT2D eigenvalue weighted by Gasteiger charge is 2.38. The lowest BCUT2D eigenvalue weighted by atomic mass is 10.0. The topological polar surface area (TPSA) is 59.0 Å². The Kier molecular flexibility index (Phi) is 4.70. The van der Waals surface area contributed by atoms with Crippen molar-refractivity contribution in [3.05, 3.63) is 0 Å². The quantitative estimate of drug-likeness (QED) is 0.541. The number of β-amino-alcohol motifs (C(OH)–C–C–N with tert-alkyl or cyclic N) is 1. The number of carbonyl (C=O) groups excluding carboxylic acids is 1. The molecule has 5 heteroatoms. The highest BCUT2D eigenvalue weighted by molar-refractivity contribution is 5.79. The summed E-state index contributed by atoms with van der Waals surface area (Å²) in [6.45, 7) is 6.85. The molecule has 0 spiro atoms. The Hall–Kier alpha value is -0.650. The zero-order chi connectivity index (χ0) is 12.3. The van der Waals surface area contributed by atoms with E-state index in [4.69, 9.17) is 4.84 Å². The molecule has 5 nitrogen and oxygen atoms in total. The van der Waals surface area contributed by atoms with Gasteiger partial charge in [-0.1, -0.05) is 0 Å². The van der Waals surface area contributed by atoms with Crippen LogP contribution in [0.1, 0.15) is 27.7 Å². The molecule has 90 valence electrons. The Labute approximate surface area is 90.9 Å². The van der Waals surface area contributed by atoms with Crippen molar-refractivity contribution in [2.45, 2.75) is 38.8 Å². The van der Waals surface area contributed by atoms with Crippen LogP contribution in [0.25, 0.3) is 0 Å². The van der Waals surface area contributed by atoms with Gasteiger partial charge in [-0.25, -0.2) is 4.79 Å². The SMILES string of the molecule is COC(=O)C(C)(C)N(CC(C)(C)O)OC. The van der Waals surface area contributed by atoms with Crippen molar-refractivity contribution in [3.8, 4) is 0 Å². The summed E-state index contributed by atoms with van der Waals surface area (Å²) in [6.07, 6.45) is 0. The Bertz CT molecular complexity index is 220. The first-order valence-electron chi connectivity index (χ1n) is 4.77. The summed E-state index contributed by atoms with van der Waals surface area (Å²) < 4.78 is 4.67. The summed E-state index contributed by atoms with van der Waals surface area (Å²) in [6, 6.07) is 0. The van der Waals surface area contributed by atoms with Crippen molar-refractivity contribution in [3.63, 3.8) is 0 Å². The number of nitrogens with zero attached hydrogens (tertiary/aromatic N) is 1. The van der Waals surface area contributed by atoms with E-state index in [0.29, 0.717) is 0 Å². The minimum absolute atomic E-state index is 0.214. The molecule has 0 aromatic rings. The van der Waals surface area contributed by atoms with E-state index in [-0.39, 0.29) is 6.54 Å². The lowest BCUT2D eigenvalue weighted by Crippen LogP contribution is -2.54. The van der Waals surface area contributed by atoms with Gasteiger partial charge in [0.05, 0.1) is 26.4 Å². The molecule has 0 atom stereocenters. The van der Waals surface area contributed by atoms with E-state index in [9.17, 15) is 9.90 Å². The minimum Gasteiger partial charge on any atom is -0.468 e. The average Bonchev–Trinajstić information content (AvgIpc) is 2.10. The van der Waals surface area contributed by atoms with E-state index in [0.717, 1.165) is 0 Å². The number of hydrogen-bond acceptors (Lipinski definition) is 5. The third-order valence-electron chi connectivity index (χ3n) is 2.06. The predicted molar refractivity (Wildman–Crippen MR) is 56.1 cm³/mol. The van der Waals surface area contributed by atoms with Crippen molar-refractivity contribution >= 4 is 5.97 Å². The van der Waals surface area contributed by atoms with Crippen LogP contribution < -0.4 is 0 Å². The Balaban J connectivity index is 4.73. The predicted octanol–water partition coefficient (Wildman–Crippen LogP) is 0.572. The molecule has 0 aromatic carbocycles. The molecule has 0 fully saturated rings. The van der Waals surface area contributed by atoms with Gasteiger partial charge in [0.25, 0.3) is 0 Å². The molecule has 0 saturated carbocycles. The summed E-state index contributed by atoms with van der Waals surface area (Å²) in [5.74, 6) is -0.409. The molecule has 0 aliphatic carbocycles. The molecule has 0 aliphatic heterocycles. The molecule has 0 amide bonds. The van der Waals surface area contributed by atoms with Gasteiger partial charge >= 0.3 is 5.97 Å². The summed E-state index contributed by atoms with van der Waals surface area (Å²) >= 11 is 0. The van der Waals surface area contributed by atoms with Gasteiger partial charge in [-0.2, -0.15) is 5.06 Å². The van der Waals surface area contributed by atoms with Crippen LogP contribution in [0.15, 0.2) is 0 Å². The van der Waals surface area contributed by atoms with Crippen molar-refractivity contribution < 1.29 is 19.5 Å². The van der Waals surface area contributed by atoms with Crippen molar-refractivity contribution in [2.75, 3.05) is 20.8 Å². The maximum Gasteiger partial charge on any atom is 0.328 e. The molecule has 0 aromatic heterocycles. The Morgan fingerprint density at radius 1 is 1.27 bits per heavy atom. The van der Waals surface area contributed by atoms with E-state index < -0.39 is 17.1 Å². The molecular formula is C10H21NO4. The summed E-state index contributed by atoms with van der Waals surface area (Å²) in [7, 11) is 2.78. The van der Waals surface area contributed by atoms with Crippen LogP contribution in [0.3, 0.4) is 0 Å². The van der Waals surface area contributed by atoms with Crippen LogP contribution >= 0.6 is 0 Å². The van der Waals surface area contributed by atoms with Crippen molar-refractivity contribution in [1.29, 1.82) is 0 Å². The van der Waals surface area contributed by atoms with Crippen molar-refractivity contribution in [1.82, 2.24) is 5.06 Å². The van der Waals surface area contributed by atoms with Gasteiger partial charge in [-0.15, -0.1) is 0 Å². The second kappa shape index (κ2) is 4.92. The van der Waals surface area contributed by atoms with E-state index >= 15 is 0 Å². The second-order valence-electron chi connectivity index (χ2n) is 4.58. The molecule has 0 unspecified atom stereocenters. The molecule has 0 radical (unpaired) electrons. The molecule has 0 rings (SSSR count). The van der Waals surface area contributed by atoms with Crippen LogP contribution in [0.4, 0.5) is 0 Å². The highest BCUT2D eigenvalue weighted by Crippen LogP contribution is 2.19. The fourth-order valence-corrected chi connectivity index (χ4v) is 1.19. The lowest BCUT2D eigenvalue weighted by molar-refractivity contribution is -0.224. The van der Waals surface area contributed by atoms with Crippen LogP contribution in [-0.4, -0.2) is 48.0 Å². The normalized spacial score (nSPS) is 13.1. The number of aliphatic hydroxyl groups is 1. The molecule has 0 heterocycles. The van der Waals surface area contributed by atoms with Crippen LogP contribution in [0.2, 0.25) is 0 Å². The highest BCUT2D eigenvalue weighted by atomic mass is 16.7. The molecule has 0 saturated heterocycles. The number of esters is 1. The summed E-state index contributed by atoms with van der Waals surface area (Å²) in [5.41, 5.74) is -1.87. The first kappa shape index (κ1) is 14.3. The zero-order valence-corrected chi connectivity index (χ0v) is 10.3. The van der Waals surface area contributed by atoms with Gasteiger partial charge in [-0.05, 0) is 27.7 Å². The molecule has 1 N–H and O–H groups in total. The fraction of sp³-hybridized carbons (Fsp3) is 0.900. The third-order valence-corrected chi connectivity index (χ3v) is 2.06. The van der Waals surface area contributed by atoms with E-state index in [1.54, 1.807) is 27.7 Å². The second-order valence-corrected chi connectivity index (χ2v) is 4.58. The van der Waals surface area contributed by atoms with Gasteiger partial charge in [0, 0.05) is 0 Å².